The summed E-state index contributed by atoms with van der Waals surface area (Å²) in [6.07, 6.45) is 2.68. The molecule has 1 aliphatic carbocycles. The molecule has 1 fully saturated rings. The molecule has 0 unspecified atom stereocenters. The van der Waals surface area contributed by atoms with E-state index >= 15 is 0 Å². The second kappa shape index (κ2) is 6.78. The van der Waals surface area contributed by atoms with E-state index in [-0.39, 0.29) is 5.75 Å². The molecule has 1 aromatic carbocycles. The highest BCUT2D eigenvalue weighted by molar-refractivity contribution is 5.45. The number of rotatable bonds is 8. The average Bonchev–Trinajstić information content (AvgIpc) is 3.23. The summed E-state index contributed by atoms with van der Waals surface area (Å²) in [6, 6.07) is 6.44. The Bertz CT molecular complexity index is 405. The zero-order valence-electron chi connectivity index (χ0n) is 11.9. The predicted molar refractivity (Wildman–Crippen MR) is 76.6 cm³/mol. The van der Waals surface area contributed by atoms with Crippen LogP contribution in [-0.2, 0) is 6.54 Å². The third-order valence-electron chi connectivity index (χ3n) is 3.51. The molecule has 0 spiro atoms. The SMILES string of the molecule is CCOc1cccc(CNCCN(C)C2CC2)c1O. The monoisotopic (exact) mass is 264 g/mol. The van der Waals surface area contributed by atoms with Crippen LogP contribution in [0.4, 0.5) is 0 Å². The Balaban J connectivity index is 1.76. The first-order valence-corrected chi connectivity index (χ1v) is 7.07. The van der Waals surface area contributed by atoms with Gasteiger partial charge in [0.1, 0.15) is 0 Å². The van der Waals surface area contributed by atoms with Crippen molar-refractivity contribution in [2.24, 2.45) is 0 Å². The maximum absolute atomic E-state index is 10.1. The fourth-order valence-electron chi connectivity index (χ4n) is 2.16. The van der Waals surface area contributed by atoms with Gasteiger partial charge in [0, 0.05) is 31.2 Å². The number of phenols is 1. The van der Waals surface area contributed by atoms with E-state index in [1.54, 1.807) is 6.07 Å². The number of nitrogens with one attached hydrogen (secondary N) is 1. The van der Waals surface area contributed by atoms with E-state index in [0.717, 1.165) is 24.7 Å². The van der Waals surface area contributed by atoms with Crippen LogP contribution in [0.2, 0.25) is 0 Å². The Kier molecular flexibility index (Phi) is 5.05. The molecule has 1 saturated carbocycles. The van der Waals surface area contributed by atoms with Gasteiger partial charge < -0.3 is 20.1 Å². The molecule has 106 valence electrons. The maximum Gasteiger partial charge on any atom is 0.162 e. The molecule has 1 aromatic rings. The first-order valence-electron chi connectivity index (χ1n) is 7.07. The van der Waals surface area contributed by atoms with Crippen LogP contribution in [0.1, 0.15) is 25.3 Å². The summed E-state index contributed by atoms with van der Waals surface area (Å²) in [5.74, 6) is 0.823. The van der Waals surface area contributed by atoms with Crippen molar-refractivity contribution in [2.75, 3.05) is 26.7 Å². The smallest absolute Gasteiger partial charge is 0.162 e. The van der Waals surface area contributed by atoms with Crippen molar-refractivity contribution in [3.63, 3.8) is 0 Å². The number of benzene rings is 1. The minimum absolute atomic E-state index is 0.257. The van der Waals surface area contributed by atoms with E-state index in [0.29, 0.717) is 18.9 Å². The molecule has 1 aliphatic rings. The van der Waals surface area contributed by atoms with Crippen molar-refractivity contribution in [3.8, 4) is 11.5 Å². The fraction of sp³-hybridized carbons (Fsp3) is 0.600. The second-order valence-corrected chi connectivity index (χ2v) is 5.09. The molecule has 0 aliphatic heterocycles. The molecule has 4 heteroatoms. The molecule has 19 heavy (non-hydrogen) atoms. The third-order valence-corrected chi connectivity index (χ3v) is 3.51. The second-order valence-electron chi connectivity index (χ2n) is 5.09. The van der Waals surface area contributed by atoms with E-state index in [1.165, 1.54) is 12.8 Å². The van der Waals surface area contributed by atoms with Crippen molar-refractivity contribution in [1.29, 1.82) is 0 Å². The van der Waals surface area contributed by atoms with Crippen molar-refractivity contribution < 1.29 is 9.84 Å². The van der Waals surface area contributed by atoms with Gasteiger partial charge in [-0.3, -0.25) is 0 Å². The van der Waals surface area contributed by atoms with Crippen LogP contribution in [0.15, 0.2) is 18.2 Å². The molecule has 2 rings (SSSR count). The molecule has 0 atom stereocenters. The lowest BCUT2D eigenvalue weighted by molar-refractivity contribution is 0.313. The van der Waals surface area contributed by atoms with Gasteiger partial charge in [-0.05, 0) is 32.9 Å². The number of hydrogen-bond donors (Lipinski definition) is 2. The van der Waals surface area contributed by atoms with Crippen LogP contribution < -0.4 is 10.1 Å². The first-order chi connectivity index (χ1) is 9.22. The van der Waals surface area contributed by atoms with Gasteiger partial charge in [0.2, 0.25) is 0 Å². The lowest BCUT2D eigenvalue weighted by Gasteiger charge is -2.16. The van der Waals surface area contributed by atoms with Crippen molar-refractivity contribution in [3.05, 3.63) is 23.8 Å². The normalized spacial score (nSPS) is 14.9. The molecule has 2 N–H and O–H groups in total. The van der Waals surface area contributed by atoms with Crippen LogP contribution >= 0.6 is 0 Å². The van der Waals surface area contributed by atoms with E-state index in [2.05, 4.69) is 17.3 Å². The highest BCUT2D eigenvalue weighted by Crippen LogP contribution is 2.29. The lowest BCUT2D eigenvalue weighted by atomic mass is 10.2. The van der Waals surface area contributed by atoms with Gasteiger partial charge in [-0.1, -0.05) is 12.1 Å². The Morgan fingerprint density at radius 1 is 1.42 bits per heavy atom. The number of likely N-dealkylation sites (N-methyl/N-ethyl adjacent to an activating group) is 1. The quantitative estimate of drug-likeness (QED) is 0.705. The number of aromatic hydroxyl groups is 1. The molecule has 0 amide bonds. The highest BCUT2D eigenvalue weighted by atomic mass is 16.5. The van der Waals surface area contributed by atoms with Crippen molar-refractivity contribution in [1.82, 2.24) is 10.2 Å². The molecule has 0 heterocycles. The van der Waals surface area contributed by atoms with Crippen LogP contribution in [0, 0.1) is 0 Å². The van der Waals surface area contributed by atoms with Crippen molar-refractivity contribution in [2.45, 2.75) is 32.4 Å². The van der Waals surface area contributed by atoms with Crippen LogP contribution in [0.5, 0.6) is 11.5 Å². The Hall–Kier alpha value is -1.26. The zero-order chi connectivity index (χ0) is 13.7. The molecule has 0 saturated heterocycles. The third kappa shape index (κ3) is 4.11. The predicted octanol–water partition coefficient (Wildman–Crippen LogP) is 1.97. The molecular formula is C15H24N2O2. The van der Waals surface area contributed by atoms with Gasteiger partial charge in [-0.25, -0.2) is 0 Å². The molecule has 0 bridgehead atoms. The number of phenolic OH excluding ortho intramolecular Hbond substituents is 1. The summed E-state index contributed by atoms with van der Waals surface area (Å²) in [7, 11) is 2.17. The van der Waals surface area contributed by atoms with Gasteiger partial charge >= 0.3 is 0 Å². The van der Waals surface area contributed by atoms with Crippen LogP contribution in [-0.4, -0.2) is 42.8 Å². The number of ether oxygens (including phenoxy) is 1. The van der Waals surface area contributed by atoms with E-state index in [9.17, 15) is 5.11 Å². The standard InChI is InChI=1S/C15H24N2O2/c1-3-19-14-6-4-5-12(15(14)18)11-16-9-10-17(2)13-7-8-13/h4-6,13,16,18H,3,7-11H2,1-2H3. The molecule has 0 radical (unpaired) electrons. The fourth-order valence-corrected chi connectivity index (χ4v) is 2.16. The van der Waals surface area contributed by atoms with Gasteiger partial charge in [0.05, 0.1) is 6.61 Å². The Morgan fingerprint density at radius 3 is 2.89 bits per heavy atom. The summed E-state index contributed by atoms with van der Waals surface area (Å²) in [5, 5.41) is 13.4. The Labute approximate surface area is 115 Å². The van der Waals surface area contributed by atoms with E-state index in [1.807, 2.05) is 19.1 Å². The summed E-state index contributed by atoms with van der Waals surface area (Å²) in [5.41, 5.74) is 0.889. The molecule has 0 aromatic heterocycles. The Morgan fingerprint density at radius 2 is 2.21 bits per heavy atom. The summed E-state index contributed by atoms with van der Waals surface area (Å²) >= 11 is 0. The van der Waals surface area contributed by atoms with E-state index < -0.39 is 0 Å². The van der Waals surface area contributed by atoms with Gasteiger partial charge in [-0.2, -0.15) is 0 Å². The van der Waals surface area contributed by atoms with Gasteiger partial charge in [0.15, 0.2) is 11.5 Å². The van der Waals surface area contributed by atoms with Gasteiger partial charge in [-0.15, -0.1) is 0 Å². The molecular weight excluding hydrogens is 240 g/mol. The maximum atomic E-state index is 10.1. The highest BCUT2D eigenvalue weighted by Gasteiger charge is 2.25. The summed E-state index contributed by atoms with van der Waals surface area (Å²) in [4.78, 5) is 2.39. The van der Waals surface area contributed by atoms with Crippen LogP contribution in [0.3, 0.4) is 0 Å². The minimum Gasteiger partial charge on any atom is -0.504 e. The number of hydrogen-bond acceptors (Lipinski definition) is 4. The average molecular weight is 264 g/mol. The first kappa shape index (κ1) is 14.2. The number of nitrogens with zero attached hydrogens (tertiary/aromatic N) is 1. The number of para-hydroxylation sites is 1. The summed E-state index contributed by atoms with van der Waals surface area (Å²) in [6.45, 7) is 5.14. The minimum atomic E-state index is 0.257. The van der Waals surface area contributed by atoms with Gasteiger partial charge in [0.25, 0.3) is 0 Å². The lowest BCUT2D eigenvalue weighted by Crippen LogP contribution is -2.30. The van der Waals surface area contributed by atoms with E-state index in [4.69, 9.17) is 4.74 Å². The largest absolute Gasteiger partial charge is 0.504 e. The van der Waals surface area contributed by atoms with Crippen LogP contribution in [0.25, 0.3) is 0 Å². The topological polar surface area (TPSA) is 44.7 Å². The summed E-state index contributed by atoms with van der Waals surface area (Å²) < 4.78 is 5.38. The van der Waals surface area contributed by atoms with Crippen molar-refractivity contribution >= 4 is 0 Å². The molecule has 4 nitrogen and oxygen atoms in total. The zero-order valence-corrected chi connectivity index (χ0v) is 11.9.